The topological polar surface area (TPSA) is 57.6 Å². The van der Waals surface area contributed by atoms with Gasteiger partial charge in [-0.25, -0.2) is 9.18 Å². The van der Waals surface area contributed by atoms with E-state index in [0.717, 1.165) is 29.7 Å². The zero-order chi connectivity index (χ0) is 15.0. The molecule has 3 rings (SSSR count). The van der Waals surface area contributed by atoms with Crippen LogP contribution in [0.4, 0.5) is 10.1 Å². The van der Waals surface area contributed by atoms with E-state index in [9.17, 15) is 14.0 Å². The predicted octanol–water partition coefficient (Wildman–Crippen LogP) is 3.18. The molecule has 0 aliphatic carbocycles. The van der Waals surface area contributed by atoms with Gasteiger partial charge in [0.25, 0.3) is 5.91 Å². The zero-order valence-electron chi connectivity index (χ0n) is 11.0. The first-order valence-electron chi connectivity index (χ1n) is 6.49. The van der Waals surface area contributed by atoms with Crippen molar-refractivity contribution in [2.45, 2.75) is 12.8 Å². The van der Waals surface area contributed by atoms with E-state index in [0.29, 0.717) is 17.1 Å². The standard InChI is InChI=1S/C15H12FNO3S/c16-10-3-4-11-9(8-10)2-1-7-17(11)14(18)12-5-6-13(21-12)15(19)20/h3-6,8H,1-2,7H2,(H,19,20). The molecule has 1 N–H and O–H groups in total. The molecule has 0 atom stereocenters. The first-order chi connectivity index (χ1) is 10.1. The molecule has 1 aliphatic heterocycles. The van der Waals surface area contributed by atoms with Crippen molar-refractivity contribution >= 4 is 28.9 Å². The highest BCUT2D eigenvalue weighted by Crippen LogP contribution is 2.30. The first-order valence-corrected chi connectivity index (χ1v) is 7.31. The highest BCUT2D eigenvalue weighted by Gasteiger charge is 2.25. The number of carboxylic acid groups (broad SMARTS) is 1. The predicted molar refractivity (Wildman–Crippen MR) is 77.7 cm³/mol. The third kappa shape index (κ3) is 2.54. The van der Waals surface area contributed by atoms with Crippen LogP contribution in [0.15, 0.2) is 30.3 Å². The number of aryl methyl sites for hydroxylation is 1. The van der Waals surface area contributed by atoms with Gasteiger partial charge in [0.05, 0.1) is 4.88 Å². The molecule has 1 aromatic heterocycles. The summed E-state index contributed by atoms with van der Waals surface area (Å²) in [4.78, 5) is 25.5. The fourth-order valence-corrected chi connectivity index (χ4v) is 3.27. The van der Waals surface area contributed by atoms with Gasteiger partial charge in [0.1, 0.15) is 10.7 Å². The van der Waals surface area contributed by atoms with Gasteiger partial charge in [0.2, 0.25) is 0 Å². The van der Waals surface area contributed by atoms with E-state index in [2.05, 4.69) is 0 Å². The summed E-state index contributed by atoms with van der Waals surface area (Å²) in [6.45, 7) is 0.553. The lowest BCUT2D eigenvalue weighted by atomic mass is 10.0. The van der Waals surface area contributed by atoms with Crippen LogP contribution in [0.25, 0.3) is 0 Å². The molecule has 0 saturated heterocycles. The summed E-state index contributed by atoms with van der Waals surface area (Å²) < 4.78 is 13.3. The zero-order valence-corrected chi connectivity index (χ0v) is 11.8. The number of carbonyl (C=O) groups is 2. The molecule has 4 nitrogen and oxygen atoms in total. The largest absolute Gasteiger partial charge is 0.477 e. The summed E-state index contributed by atoms with van der Waals surface area (Å²) in [5, 5.41) is 8.92. The minimum Gasteiger partial charge on any atom is -0.477 e. The second-order valence-corrected chi connectivity index (χ2v) is 5.89. The van der Waals surface area contributed by atoms with Crippen LogP contribution in [0.1, 0.15) is 31.3 Å². The van der Waals surface area contributed by atoms with Crippen molar-refractivity contribution in [1.82, 2.24) is 0 Å². The molecule has 0 bridgehead atoms. The number of hydrogen-bond donors (Lipinski definition) is 1. The van der Waals surface area contributed by atoms with Gasteiger partial charge in [-0.1, -0.05) is 0 Å². The average molecular weight is 305 g/mol. The summed E-state index contributed by atoms with van der Waals surface area (Å²) >= 11 is 0.956. The minimum atomic E-state index is -1.04. The number of thiophene rings is 1. The van der Waals surface area contributed by atoms with Crippen LogP contribution in [0.3, 0.4) is 0 Å². The number of nitrogens with zero attached hydrogens (tertiary/aromatic N) is 1. The van der Waals surface area contributed by atoms with Crippen molar-refractivity contribution in [2.75, 3.05) is 11.4 Å². The second-order valence-electron chi connectivity index (χ2n) is 4.80. The molecular formula is C15H12FNO3S. The fraction of sp³-hybridized carbons (Fsp3) is 0.200. The van der Waals surface area contributed by atoms with Crippen molar-refractivity contribution in [1.29, 1.82) is 0 Å². The van der Waals surface area contributed by atoms with Crippen molar-refractivity contribution < 1.29 is 19.1 Å². The summed E-state index contributed by atoms with van der Waals surface area (Å²) in [5.41, 5.74) is 1.52. The fourth-order valence-electron chi connectivity index (χ4n) is 2.48. The molecule has 0 saturated carbocycles. The summed E-state index contributed by atoms with van der Waals surface area (Å²) in [6, 6.07) is 7.34. The third-order valence-corrected chi connectivity index (χ3v) is 4.49. The van der Waals surface area contributed by atoms with Crippen LogP contribution in [-0.2, 0) is 6.42 Å². The van der Waals surface area contributed by atoms with Crippen molar-refractivity contribution in [3.8, 4) is 0 Å². The Morgan fingerprint density at radius 2 is 1.95 bits per heavy atom. The van der Waals surface area contributed by atoms with E-state index in [1.165, 1.54) is 24.3 Å². The van der Waals surface area contributed by atoms with Crippen LogP contribution in [0.2, 0.25) is 0 Å². The van der Waals surface area contributed by atoms with Gasteiger partial charge in [-0.05, 0) is 48.7 Å². The Morgan fingerprint density at radius 3 is 2.67 bits per heavy atom. The highest BCUT2D eigenvalue weighted by molar-refractivity contribution is 7.16. The third-order valence-electron chi connectivity index (χ3n) is 3.43. The maximum absolute atomic E-state index is 13.3. The number of halogens is 1. The van der Waals surface area contributed by atoms with Crippen molar-refractivity contribution in [3.63, 3.8) is 0 Å². The van der Waals surface area contributed by atoms with Gasteiger partial charge in [-0.15, -0.1) is 11.3 Å². The Bertz CT molecular complexity index is 725. The van der Waals surface area contributed by atoms with Crippen LogP contribution < -0.4 is 4.90 Å². The minimum absolute atomic E-state index is 0.134. The number of aromatic carboxylic acids is 1. The van der Waals surface area contributed by atoms with E-state index in [4.69, 9.17) is 5.11 Å². The molecule has 1 amide bonds. The maximum Gasteiger partial charge on any atom is 0.345 e. The number of fused-ring (bicyclic) bond motifs is 1. The molecule has 0 fully saturated rings. The molecule has 1 aromatic carbocycles. The molecule has 2 heterocycles. The molecular weight excluding hydrogens is 293 g/mol. The maximum atomic E-state index is 13.3. The number of benzene rings is 1. The van der Waals surface area contributed by atoms with Crippen molar-refractivity contribution in [2.24, 2.45) is 0 Å². The number of hydrogen-bond acceptors (Lipinski definition) is 3. The highest BCUT2D eigenvalue weighted by atomic mass is 32.1. The summed E-state index contributed by atoms with van der Waals surface area (Å²) in [5.74, 6) is -1.59. The molecule has 21 heavy (non-hydrogen) atoms. The lowest BCUT2D eigenvalue weighted by Gasteiger charge is -2.29. The van der Waals surface area contributed by atoms with Gasteiger partial charge in [-0.3, -0.25) is 4.79 Å². The normalized spacial score (nSPS) is 13.9. The van der Waals surface area contributed by atoms with E-state index in [-0.39, 0.29) is 16.6 Å². The van der Waals surface area contributed by atoms with E-state index in [1.807, 2.05) is 0 Å². The van der Waals surface area contributed by atoms with Gasteiger partial charge >= 0.3 is 5.97 Å². The van der Waals surface area contributed by atoms with E-state index >= 15 is 0 Å². The monoisotopic (exact) mass is 305 g/mol. The summed E-state index contributed by atoms with van der Waals surface area (Å²) in [7, 11) is 0. The van der Waals surface area contributed by atoms with Gasteiger partial charge in [0, 0.05) is 12.2 Å². The van der Waals surface area contributed by atoms with Gasteiger partial charge in [-0.2, -0.15) is 0 Å². The van der Waals surface area contributed by atoms with Gasteiger partial charge in [0.15, 0.2) is 0 Å². The Hall–Kier alpha value is -2.21. The van der Waals surface area contributed by atoms with Crippen LogP contribution in [-0.4, -0.2) is 23.5 Å². The second kappa shape index (κ2) is 5.29. The smallest absolute Gasteiger partial charge is 0.345 e. The molecule has 0 spiro atoms. The Morgan fingerprint density at radius 1 is 1.19 bits per heavy atom. The Labute approximate surface area is 124 Å². The quantitative estimate of drug-likeness (QED) is 0.927. The Balaban J connectivity index is 1.94. The van der Waals surface area contributed by atoms with E-state index < -0.39 is 5.97 Å². The number of rotatable bonds is 2. The van der Waals surface area contributed by atoms with Crippen LogP contribution in [0, 0.1) is 5.82 Å². The van der Waals surface area contributed by atoms with Crippen molar-refractivity contribution in [3.05, 3.63) is 51.5 Å². The summed E-state index contributed by atoms with van der Waals surface area (Å²) in [6.07, 6.45) is 1.50. The number of carboxylic acids is 1. The van der Waals surface area contributed by atoms with Crippen LogP contribution in [0.5, 0.6) is 0 Å². The molecule has 0 radical (unpaired) electrons. The first kappa shape index (κ1) is 13.8. The lowest BCUT2D eigenvalue weighted by molar-refractivity contribution is 0.0702. The number of anilines is 1. The number of carbonyl (C=O) groups excluding carboxylic acids is 1. The molecule has 108 valence electrons. The molecule has 1 aliphatic rings. The lowest BCUT2D eigenvalue weighted by Crippen LogP contribution is -2.35. The SMILES string of the molecule is O=C(O)c1ccc(C(=O)N2CCCc3cc(F)ccc32)s1. The van der Waals surface area contributed by atoms with E-state index in [1.54, 1.807) is 11.0 Å². The van der Waals surface area contributed by atoms with Gasteiger partial charge < -0.3 is 10.0 Å². The average Bonchev–Trinajstić information content (AvgIpc) is 2.95. The molecule has 2 aromatic rings. The molecule has 6 heteroatoms. The van der Waals surface area contributed by atoms with Crippen LogP contribution >= 0.6 is 11.3 Å². The molecule has 0 unspecified atom stereocenters. The Kier molecular flexibility index (Phi) is 3.47. The number of amides is 1.